The van der Waals surface area contributed by atoms with E-state index in [-0.39, 0.29) is 38.3 Å². The third kappa shape index (κ3) is 5.05. The number of esters is 1. The van der Waals surface area contributed by atoms with Gasteiger partial charge in [0, 0.05) is 19.5 Å². The van der Waals surface area contributed by atoms with Crippen LogP contribution in [-0.2, 0) is 25.5 Å². The maximum atomic E-state index is 13.2. The average Bonchev–Trinajstić information content (AvgIpc) is 2.57. The van der Waals surface area contributed by atoms with Crippen molar-refractivity contribution in [3.05, 3.63) is 35.6 Å². The van der Waals surface area contributed by atoms with Crippen molar-refractivity contribution in [2.75, 3.05) is 19.7 Å². The van der Waals surface area contributed by atoms with Crippen LogP contribution >= 0.6 is 0 Å². The number of piperidine rings is 1. The van der Waals surface area contributed by atoms with Crippen molar-refractivity contribution >= 4 is 17.8 Å². The van der Waals surface area contributed by atoms with Gasteiger partial charge in [0.2, 0.25) is 0 Å². The number of hydrogen-bond donors (Lipinski definition) is 0. The predicted octanol–water partition coefficient (Wildman–Crippen LogP) is 3.13. The lowest BCUT2D eigenvalue weighted by atomic mass is 9.74. The lowest BCUT2D eigenvalue weighted by molar-refractivity contribution is -0.163. The Kier molecular flexibility index (Phi) is 6.23. The molecule has 27 heavy (non-hydrogen) atoms. The summed E-state index contributed by atoms with van der Waals surface area (Å²) in [7, 11) is 0. The van der Waals surface area contributed by atoms with Gasteiger partial charge in [-0.2, -0.15) is 0 Å². The lowest BCUT2D eigenvalue weighted by Gasteiger charge is -2.40. The molecule has 1 heterocycles. The van der Waals surface area contributed by atoms with Crippen molar-refractivity contribution in [2.24, 2.45) is 5.41 Å². The highest BCUT2D eigenvalue weighted by Crippen LogP contribution is 2.33. The first-order valence-corrected chi connectivity index (χ1v) is 9.00. The molecule has 0 saturated carbocycles. The smallest absolute Gasteiger partial charge is 0.410 e. The molecule has 0 spiro atoms. The number of Topliss-reactive ketones (excluding diaryl/α,β-unsaturated/α-hetero) is 1. The first kappa shape index (κ1) is 20.9. The molecule has 1 amide bonds. The molecule has 148 valence electrons. The van der Waals surface area contributed by atoms with Crippen LogP contribution in [0.4, 0.5) is 9.18 Å². The predicted molar refractivity (Wildman–Crippen MR) is 96.6 cm³/mol. The summed E-state index contributed by atoms with van der Waals surface area (Å²) < 4.78 is 23.8. The van der Waals surface area contributed by atoms with E-state index in [1.807, 2.05) is 0 Å². The van der Waals surface area contributed by atoms with E-state index in [9.17, 15) is 18.8 Å². The number of benzene rings is 1. The number of halogens is 1. The molecule has 6 nitrogen and oxygen atoms in total. The Balaban J connectivity index is 2.34. The first-order chi connectivity index (χ1) is 12.6. The van der Waals surface area contributed by atoms with Crippen LogP contribution in [0.2, 0.25) is 0 Å². The minimum Gasteiger partial charge on any atom is -0.465 e. The van der Waals surface area contributed by atoms with Crippen LogP contribution in [0.15, 0.2) is 24.3 Å². The molecule has 1 saturated heterocycles. The number of hydrogen-bond acceptors (Lipinski definition) is 5. The van der Waals surface area contributed by atoms with E-state index in [1.165, 1.54) is 29.2 Å². The van der Waals surface area contributed by atoms with Gasteiger partial charge in [0.15, 0.2) is 5.78 Å². The molecule has 0 radical (unpaired) electrons. The molecule has 1 fully saturated rings. The zero-order valence-electron chi connectivity index (χ0n) is 16.2. The number of rotatable bonds is 4. The standard InChI is InChI=1S/C20H26FNO5/c1-5-26-17(24)20(12-14-6-8-15(21)9-7-14)13-22(11-10-16(20)23)18(25)27-19(2,3)4/h6-9H,5,10-13H2,1-4H3. The highest BCUT2D eigenvalue weighted by molar-refractivity contribution is 6.05. The Morgan fingerprint density at radius 3 is 2.41 bits per heavy atom. The van der Waals surface area contributed by atoms with Gasteiger partial charge in [-0.1, -0.05) is 12.1 Å². The molecule has 1 aromatic rings. The van der Waals surface area contributed by atoms with Gasteiger partial charge in [-0.05, 0) is 51.8 Å². The van der Waals surface area contributed by atoms with Gasteiger partial charge >= 0.3 is 12.1 Å². The summed E-state index contributed by atoms with van der Waals surface area (Å²) in [6.07, 6.45) is -0.522. The van der Waals surface area contributed by atoms with Gasteiger partial charge in [-0.25, -0.2) is 9.18 Å². The molecule has 1 aliphatic rings. The van der Waals surface area contributed by atoms with E-state index >= 15 is 0 Å². The summed E-state index contributed by atoms with van der Waals surface area (Å²) in [4.78, 5) is 39.4. The number of amides is 1. The van der Waals surface area contributed by atoms with Crippen LogP contribution < -0.4 is 0 Å². The Labute approximate surface area is 158 Å². The minimum absolute atomic E-state index is 0.0270. The topological polar surface area (TPSA) is 72.9 Å². The summed E-state index contributed by atoms with van der Waals surface area (Å²) in [5.41, 5.74) is -1.60. The Bertz CT molecular complexity index is 710. The van der Waals surface area contributed by atoms with Crippen molar-refractivity contribution in [1.82, 2.24) is 4.90 Å². The van der Waals surface area contributed by atoms with Gasteiger partial charge in [-0.3, -0.25) is 9.59 Å². The summed E-state index contributed by atoms with van der Waals surface area (Å²) >= 11 is 0. The van der Waals surface area contributed by atoms with E-state index in [0.717, 1.165) is 0 Å². The monoisotopic (exact) mass is 379 g/mol. The van der Waals surface area contributed by atoms with Crippen LogP contribution in [0.3, 0.4) is 0 Å². The fraction of sp³-hybridized carbons (Fsp3) is 0.550. The normalized spacial score (nSPS) is 20.3. The SMILES string of the molecule is CCOC(=O)C1(Cc2ccc(F)cc2)CN(C(=O)OC(C)(C)C)CCC1=O. The highest BCUT2D eigenvalue weighted by atomic mass is 19.1. The molecule has 1 unspecified atom stereocenters. The van der Waals surface area contributed by atoms with Crippen molar-refractivity contribution in [3.8, 4) is 0 Å². The number of carbonyl (C=O) groups is 3. The fourth-order valence-corrected chi connectivity index (χ4v) is 3.08. The summed E-state index contributed by atoms with van der Waals surface area (Å²) in [6, 6.07) is 5.59. The third-order valence-corrected chi connectivity index (χ3v) is 4.34. The Hall–Kier alpha value is -2.44. The van der Waals surface area contributed by atoms with E-state index in [4.69, 9.17) is 9.47 Å². The molecule has 0 aromatic heterocycles. The van der Waals surface area contributed by atoms with Crippen LogP contribution in [0.25, 0.3) is 0 Å². The molecule has 2 rings (SSSR count). The molecular formula is C20H26FNO5. The molecule has 0 N–H and O–H groups in total. The molecule has 0 aliphatic carbocycles. The van der Waals surface area contributed by atoms with Crippen molar-refractivity contribution in [2.45, 2.75) is 46.1 Å². The van der Waals surface area contributed by atoms with Crippen LogP contribution in [0, 0.1) is 11.2 Å². The largest absolute Gasteiger partial charge is 0.465 e. The molecular weight excluding hydrogens is 353 g/mol. The molecule has 1 atom stereocenters. The zero-order valence-corrected chi connectivity index (χ0v) is 16.2. The lowest BCUT2D eigenvalue weighted by Crippen LogP contribution is -2.57. The Morgan fingerprint density at radius 2 is 1.85 bits per heavy atom. The quantitative estimate of drug-likeness (QED) is 0.594. The second kappa shape index (κ2) is 8.06. The second-order valence-electron chi connectivity index (χ2n) is 7.68. The highest BCUT2D eigenvalue weighted by Gasteiger charge is 2.51. The maximum Gasteiger partial charge on any atom is 0.410 e. The van der Waals surface area contributed by atoms with Crippen molar-refractivity contribution in [3.63, 3.8) is 0 Å². The van der Waals surface area contributed by atoms with E-state index in [0.29, 0.717) is 5.56 Å². The summed E-state index contributed by atoms with van der Waals surface area (Å²) in [5, 5.41) is 0. The summed E-state index contributed by atoms with van der Waals surface area (Å²) in [6.45, 7) is 7.06. The molecule has 7 heteroatoms. The third-order valence-electron chi connectivity index (χ3n) is 4.34. The van der Waals surface area contributed by atoms with E-state index in [2.05, 4.69) is 0 Å². The zero-order chi connectivity index (χ0) is 20.2. The maximum absolute atomic E-state index is 13.2. The van der Waals surface area contributed by atoms with Crippen molar-refractivity contribution in [1.29, 1.82) is 0 Å². The first-order valence-electron chi connectivity index (χ1n) is 9.00. The average molecular weight is 379 g/mol. The van der Waals surface area contributed by atoms with Gasteiger partial charge in [0.25, 0.3) is 0 Å². The second-order valence-corrected chi connectivity index (χ2v) is 7.68. The summed E-state index contributed by atoms with van der Waals surface area (Å²) in [5.74, 6) is -1.37. The Morgan fingerprint density at radius 1 is 1.22 bits per heavy atom. The minimum atomic E-state index is -1.52. The number of carbonyl (C=O) groups excluding carboxylic acids is 3. The number of nitrogens with zero attached hydrogens (tertiary/aromatic N) is 1. The molecule has 0 bridgehead atoms. The van der Waals surface area contributed by atoms with Crippen LogP contribution in [-0.4, -0.2) is 48.0 Å². The molecule has 1 aliphatic heterocycles. The van der Waals surface area contributed by atoms with Crippen molar-refractivity contribution < 1.29 is 28.2 Å². The number of ketones is 1. The van der Waals surface area contributed by atoms with Gasteiger partial charge in [0.05, 0.1) is 6.61 Å². The van der Waals surface area contributed by atoms with Gasteiger partial charge in [0.1, 0.15) is 16.8 Å². The van der Waals surface area contributed by atoms with Gasteiger partial charge < -0.3 is 14.4 Å². The van der Waals surface area contributed by atoms with Gasteiger partial charge in [-0.15, -0.1) is 0 Å². The van der Waals surface area contributed by atoms with E-state index in [1.54, 1.807) is 27.7 Å². The van der Waals surface area contributed by atoms with E-state index < -0.39 is 28.9 Å². The molecule has 1 aromatic carbocycles. The number of likely N-dealkylation sites (tertiary alicyclic amines) is 1. The fourth-order valence-electron chi connectivity index (χ4n) is 3.08. The number of ether oxygens (including phenoxy) is 2. The van der Waals surface area contributed by atoms with Crippen LogP contribution in [0.5, 0.6) is 0 Å². The van der Waals surface area contributed by atoms with Crippen LogP contribution in [0.1, 0.15) is 39.7 Å².